The number of benzene rings is 8. The molecule has 12 heteroatoms. The van der Waals surface area contributed by atoms with E-state index in [4.69, 9.17) is 19.9 Å². The van der Waals surface area contributed by atoms with Crippen LogP contribution in [0.25, 0.3) is 154 Å². The molecule has 0 unspecified atom stereocenters. The average molecular weight is 1850 g/mol. The third kappa shape index (κ3) is 15.2. The summed E-state index contributed by atoms with van der Waals surface area (Å²) in [5.74, 6) is 5.32. The Labute approximate surface area is 825 Å². The van der Waals surface area contributed by atoms with E-state index in [9.17, 15) is 0 Å². The largest absolute Gasteiger partial charge is 0.297 e. The topological polar surface area (TPSA) is 85.5 Å². The molecule has 8 aliphatic carbocycles. The molecule has 12 nitrogen and oxygen atoms in total. The first kappa shape index (κ1) is 89.6. The quantitative estimate of drug-likeness (QED) is 0.112. The lowest BCUT2D eigenvalue weighted by molar-refractivity contribution is -0.617. The Hall–Kier alpha value is -11.8. The van der Waals surface area contributed by atoms with Crippen LogP contribution < -0.4 is 18.1 Å². The van der Waals surface area contributed by atoms with Gasteiger partial charge in [0.2, 0.25) is 0 Å². The molecular weight excluding hydrogens is 1710 g/mol. The van der Waals surface area contributed by atoms with E-state index < -0.39 is 0 Å². The van der Waals surface area contributed by atoms with E-state index in [0.29, 0.717) is 47.3 Å². The molecule has 0 N–H and O–H groups in total. The summed E-state index contributed by atoms with van der Waals surface area (Å²) in [4.78, 5) is 20.8. The lowest BCUT2D eigenvalue weighted by Crippen LogP contribution is -2.27. The van der Waals surface area contributed by atoms with E-state index in [1.54, 1.807) is 33.4 Å². The summed E-state index contributed by atoms with van der Waals surface area (Å²) in [6.45, 7) is 9.08. The second-order valence-electron chi connectivity index (χ2n) is 44.9. The van der Waals surface area contributed by atoms with Gasteiger partial charge in [-0.15, -0.1) is 0 Å². The molecule has 0 aliphatic heterocycles. The highest BCUT2D eigenvalue weighted by molar-refractivity contribution is 6.17. The minimum absolute atomic E-state index is 0.611. The molecule has 140 heavy (non-hydrogen) atoms. The van der Waals surface area contributed by atoms with Gasteiger partial charge >= 0.3 is 0 Å². The van der Waals surface area contributed by atoms with Crippen LogP contribution in [-0.2, 0) is 28.2 Å². The number of para-hydroxylation sites is 7. The molecule has 0 bridgehead atoms. The molecule has 28 rings (SSSR count). The molecular formula is C128H144N12+4. The molecule has 0 amide bonds. The fraction of sp³-hybridized carbons (Fsp3) is 0.438. The monoisotopic (exact) mass is 1850 g/mol. The van der Waals surface area contributed by atoms with Gasteiger partial charge in [-0.1, -0.05) is 233 Å². The predicted molar refractivity (Wildman–Crippen MR) is 581 cm³/mol. The van der Waals surface area contributed by atoms with Crippen molar-refractivity contribution in [1.29, 1.82) is 0 Å². The van der Waals surface area contributed by atoms with Gasteiger partial charge in [-0.05, 0) is 325 Å². The van der Waals surface area contributed by atoms with Crippen LogP contribution in [0.15, 0.2) is 195 Å². The van der Waals surface area contributed by atoms with Crippen molar-refractivity contribution >= 4 is 154 Å². The predicted octanol–water partition coefficient (Wildman–Crippen LogP) is 32.1. The van der Waals surface area contributed by atoms with E-state index >= 15 is 0 Å². The maximum Gasteiger partial charge on any atom is 0.297 e. The SMILES string of the molecule is Cc1cc(C2CCCCC2)nc2c3ccccc3[n+]3c4ccc(C5CCCCC5)cc4n(C)c3c12.Cc1ccnc2c3c(C4CCCCC4)c(C4CCCCC4)ccc3n3c4ccccc4[n+](C)c3c12.Cc1ccnc2c3c(C4CCCCC4)cc(C4CCCCC4)cc3n3c4ccccc4[n+](C)c3c12.Cc1ccnc2c3c(C4CCCCC4)ccc(C4CCCCC4)c3n3c4ccccc4[n+](C)c3c12. The Morgan fingerprint density at radius 3 is 1.16 bits per heavy atom. The number of fused-ring (bicyclic) bond motifs is 32. The Balaban J connectivity index is 0.0000000985. The summed E-state index contributed by atoms with van der Waals surface area (Å²) in [6, 6.07) is 67.1. The molecule has 0 spiro atoms. The normalized spacial score (nSPS) is 18.3. The number of nitrogens with zero attached hydrogens (tertiary/aromatic N) is 12. The van der Waals surface area contributed by atoms with Crippen LogP contribution in [0.4, 0.5) is 0 Å². The number of rotatable bonds is 8. The molecule has 12 heterocycles. The number of imidazole rings is 4. The van der Waals surface area contributed by atoms with E-state index in [0.717, 1.165) is 0 Å². The zero-order valence-corrected chi connectivity index (χ0v) is 84.7. The zero-order chi connectivity index (χ0) is 94.1. The second-order valence-corrected chi connectivity index (χ2v) is 44.9. The molecule has 0 atom stereocenters. The van der Waals surface area contributed by atoms with Gasteiger partial charge in [0, 0.05) is 41.2 Å². The molecule has 8 saturated carbocycles. The molecule has 712 valence electrons. The van der Waals surface area contributed by atoms with Crippen LogP contribution in [0, 0.1) is 27.7 Å². The van der Waals surface area contributed by atoms with Gasteiger partial charge in [0.05, 0.1) is 88.0 Å². The molecule has 12 aromatic heterocycles. The summed E-state index contributed by atoms with van der Waals surface area (Å²) in [5, 5.41) is 10.8. The Bertz CT molecular complexity index is 8200. The minimum Gasteiger partial charge on any atom is -0.255 e. The summed E-state index contributed by atoms with van der Waals surface area (Å²) < 4.78 is 19.8. The smallest absolute Gasteiger partial charge is 0.255 e. The molecule has 20 aromatic rings. The van der Waals surface area contributed by atoms with E-state index in [1.807, 2.05) is 18.6 Å². The van der Waals surface area contributed by atoms with Crippen LogP contribution in [0.2, 0.25) is 0 Å². The highest BCUT2D eigenvalue weighted by Gasteiger charge is 2.39. The first-order valence-electron chi connectivity index (χ1n) is 55.5. The minimum atomic E-state index is 0.611. The maximum absolute atomic E-state index is 5.41. The maximum atomic E-state index is 5.41. The fourth-order valence-electron chi connectivity index (χ4n) is 29.6. The standard InChI is InChI=1S/4C32H36N3/c1-21-19-26(23-13-7-4-8-14-23)33-31-25-15-9-10-16-27(25)35-28-18-17-24(22-11-5-3-6-12-22)20-29(28)34(2)32(35)30(21)31;1-21-17-18-33-31-29(21)32-34(2)26-15-9-10-16-27(26)35(32)28-20-24(22-11-5-3-6-12-22)19-25(30(28)31)23-13-7-4-8-14-23;1-21-19-20-33-30-28(21)32-34(2)26-15-9-10-16-27(26)35(32)31-25(23-13-7-4-8-14-23)18-17-24(29(30)31)22-11-5-3-6-12-22;1-21-19-20-33-31-28(21)32-34(2)25-15-9-10-16-26(25)35(32)27-18-17-24(22-11-5-3-6-12-22)29(30(27)31)23-13-7-4-8-14-23/h4*9-10,15-20,22-23H,3-8,11-14H2,1-2H3/q4*+1. The number of pyridine rings is 8. The van der Waals surface area contributed by atoms with Gasteiger partial charge in [-0.3, -0.25) is 19.9 Å². The van der Waals surface area contributed by atoms with E-state index in [-0.39, 0.29) is 0 Å². The van der Waals surface area contributed by atoms with Crippen molar-refractivity contribution in [3.8, 4) is 0 Å². The summed E-state index contributed by atoms with van der Waals surface area (Å²) in [7, 11) is 8.93. The molecule has 0 saturated heterocycles. The first-order chi connectivity index (χ1) is 68.9. The highest BCUT2D eigenvalue weighted by Crippen LogP contribution is 2.52. The summed E-state index contributed by atoms with van der Waals surface area (Å²) in [5.41, 5.74) is 43.4. The Morgan fingerprint density at radius 2 is 0.643 bits per heavy atom. The van der Waals surface area contributed by atoms with Crippen LogP contribution in [0.3, 0.4) is 0 Å². The van der Waals surface area contributed by atoms with Gasteiger partial charge in [-0.25, -0.2) is 18.3 Å². The molecule has 8 aliphatic rings. The van der Waals surface area contributed by atoms with Gasteiger partial charge < -0.3 is 0 Å². The highest BCUT2D eigenvalue weighted by atomic mass is 15.1. The molecule has 0 radical (unpaired) electrons. The number of aryl methyl sites for hydroxylation is 8. The van der Waals surface area contributed by atoms with Crippen molar-refractivity contribution < 1.29 is 18.1 Å². The number of aromatic nitrogens is 12. The van der Waals surface area contributed by atoms with Crippen LogP contribution in [0.5, 0.6) is 0 Å². The van der Waals surface area contributed by atoms with Crippen LogP contribution in [-0.4, -0.2) is 37.7 Å². The van der Waals surface area contributed by atoms with Gasteiger partial charge in [0.25, 0.3) is 22.6 Å². The summed E-state index contributed by atoms with van der Waals surface area (Å²) >= 11 is 0. The summed E-state index contributed by atoms with van der Waals surface area (Å²) in [6.07, 6.45) is 60.1. The van der Waals surface area contributed by atoms with Gasteiger partial charge in [-0.2, -0.15) is 17.6 Å². The van der Waals surface area contributed by atoms with Crippen molar-refractivity contribution in [1.82, 2.24) is 37.7 Å². The van der Waals surface area contributed by atoms with Gasteiger partial charge in [0.15, 0.2) is 44.1 Å². The first-order valence-corrected chi connectivity index (χ1v) is 55.5. The van der Waals surface area contributed by atoms with Crippen molar-refractivity contribution in [2.75, 3.05) is 0 Å². The molecule has 8 aromatic carbocycles. The van der Waals surface area contributed by atoms with Crippen molar-refractivity contribution in [3.63, 3.8) is 0 Å². The third-order valence-corrected chi connectivity index (χ3v) is 36.6. The lowest BCUT2D eigenvalue weighted by atomic mass is 9.74. The van der Waals surface area contributed by atoms with E-state index in [1.165, 1.54) is 444 Å². The van der Waals surface area contributed by atoms with Crippen molar-refractivity contribution in [2.24, 2.45) is 28.2 Å². The number of hydrogen-bond donors (Lipinski definition) is 0. The Kier molecular flexibility index (Phi) is 24.1. The van der Waals surface area contributed by atoms with Crippen molar-refractivity contribution in [2.45, 2.75) is 332 Å². The van der Waals surface area contributed by atoms with Crippen molar-refractivity contribution in [3.05, 3.63) is 261 Å². The second kappa shape index (κ2) is 37.6. The van der Waals surface area contributed by atoms with Crippen LogP contribution >= 0.6 is 0 Å². The lowest BCUT2D eigenvalue weighted by Gasteiger charge is -2.30. The number of hydrogen-bond acceptors (Lipinski definition) is 4. The Morgan fingerprint density at radius 1 is 0.257 bits per heavy atom. The third-order valence-electron chi connectivity index (χ3n) is 36.6. The van der Waals surface area contributed by atoms with E-state index in [2.05, 4.69) is 268 Å². The fourth-order valence-corrected chi connectivity index (χ4v) is 29.6. The van der Waals surface area contributed by atoms with Crippen LogP contribution in [0.1, 0.15) is 371 Å². The zero-order valence-electron chi connectivity index (χ0n) is 84.7. The van der Waals surface area contributed by atoms with Gasteiger partial charge in [0.1, 0.15) is 22.1 Å². The average Bonchev–Trinajstić information content (AvgIpc) is 1.50. The molecule has 8 fully saturated rings.